The van der Waals surface area contributed by atoms with Crippen LogP contribution in [0.1, 0.15) is 52.4 Å². The molecule has 0 aromatic rings. The van der Waals surface area contributed by atoms with Gasteiger partial charge in [0.1, 0.15) is 0 Å². The summed E-state index contributed by atoms with van der Waals surface area (Å²) in [4.78, 5) is 2.71. The van der Waals surface area contributed by atoms with Crippen molar-refractivity contribution in [1.29, 1.82) is 0 Å². The van der Waals surface area contributed by atoms with Crippen LogP contribution in [0.3, 0.4) is 0 Å². The number of ether oxygens (including phenoxy) is 1. The van der Waals surface area contributed by atoms with Crippen LogP contribution < -0.4 is 5.73 Å². The summed E-state index contributed by atoms with van der Waals surface area (Å²) in [5.74, 6) is 0.877. The Kier molecular flexibility index (Phi) is 5.05. The molecule has 1 aliphatic carbocycles. The predicted molar refractivity (Wildman–Crippen MR) is 75.6 cm³/mol. The minimum absolute atomic E-state index is 0.267. The Bertz CT molecular complexity index is 259. The van der Waals surface area contributed by atoms with Crippen molar-refractivity contribution in [2.45, 2.75) is 64.0 Å². The fraction of sp³-hybridized carbons (Fsp3) is 1.00. The maximum Gasteiger partial charge on any atom is 0.0622 e. The molecule has 1 saturated carbocycles. The molecule has 1 saturated heterocycles. The number of nitrogens with zero attached hydrogens (tertiary/aromatic N) is 1. The summed E-state index contributed by atoms with van der Waals surface area (Å²) in [6.45, 7) is 8.28. The molecule has 3 atom stereocenters. The van der Waals surface area contributed by atoms with Crippen LogP contribution in [-0.4, -0.2) is 42.8 Å². The molecule has 2 fully saturated rings. The molecule has 3 nitrogen and oxygen atoms in total. The smallest absolute Gasteiger partial charge is 0.0622 e. The van der Waals surface area contributed by atoms with Crippen LogP contribution in [0.15, 0.2) is 0 Å². The second kappa shape index (κ2) is 6.36. The highest BCUT2D eigenvalue weighted by molar-refractivity contribution is 4.99. The van der Waals surface area contributed by atoms with Crippen molar-refractivity contribution in [3.8, 4) is 0 Å². The number of morpholine rings is 1. The Morgan fingerprint density at radius 3 is 2.83 bits per heavy atom. The van der Waals surface area contributed by atoms with Crippen molar-refractivity contribution in [1.82, 2.24) is 4.90 Å². The van der Waals surface area contributed by atoms with Crippen LogP contribution in [0.4, 0.5) is 0 Å². The molecule has 0 amide bonds. The average molecular weight is 254 g/mol. The lowest BCUT2D eigenvalue weighted by Crippen LogP contribution is -2.63. The number of hydrogen-bond donors (Lipinski definition) is 1. The van der Waals surface area contributed by atoms with Gasteiger partial charge in [0.15, 0.2) is 0 Å². The van der Waals surface area contributed by atoms with Crippen LogP contribution in [-0.2, 0) is 4.74 Å². The van der Waals surface area contributed by atoms with Gasteiger partial charge in [-0.2, -0.15) is 0 Å². The van der Waals surface area contributed by atoms with E-state index in [1.165, 1.54) is 38.5 Å². The first kappa shape index (κ1) is 14.3. The first-order valence-corrected chi connectivity index (χ1v) is 7.80. The Balaban J connectivity index is 2.13. The summed E-state index contributed by atoms with van der Waals surface area (Å²) < 4.78 is 5.65. The third kappa shape index (κ3) is 2.73. The lowest BCUT2D eigenvalue weighted by atomic mass is 9.73. The molecule has 0 radical (unpaired) electrons. The summed E-state index contributed by atoms with van der Waals surface area (Å²) in [6.07, 6.45) is 7.83. The van der Waals surface area contributed by atoms with Gasteiger partial charge in [-0.3, -0.25) is 4.90 Å². The van der Waals surface area contributed by atoms with E-state index in [1.807, 2.05) is 0 Å². The fourth-order valence-corrected chi connectivity index (χ4v) is 3.99. The van der Waals surface area contributed by atoms with E-state index in [4.69, 9.17) is 10.5 Å². The molecule has 106 valence electrons. The van der Waals surface area contributed by atoms with E-state index < -0.39 is 0 Å². The third-order valence-electron chi connectivity index (χ3n) is 5.19. The Labute approximate surface area is 112 Å². The number of hydrogen-bond acceptors (Lipinski definition) is 3. The van der Waals surface area contributed by atoms with E-state index in [9.17, 15) is 0 Å². The molecule has 18 heavy (non-hydrogen) atoms. The molecular weight excluding hydrogens is 224 g/mol. The van der Waals surface area contributed by atoms with E-state index in [-0.39, 0.29) is 5.54 Å². The normalized spacial score (nSPS) is 38.8. The summed E-state index contributed by atoms with van der Waals surface area (Å²) in [5, 5.41) is 0. The van der Waals surface area contributed by atoms with Crippen molar-refractivity contribution in [3.63, 3.8) is 0 Å². The highest BCUT2D eigenvalue weighted by Gasteiger charge is 2.43. The van der Waals surface area contributed by atoms with Gasteiger partial charge in [0.2, 0.25) is 0 Å². The SMILES string of the molecule is CCC1CCCC(CN)(N2CCOCC2CC)C1. The van der Waals surface area contributed by atoms with Crippen LogP contribution >= 0.6 is 0 Å². The quantitative estimate of drug-likeness (QED) is 0.837. The van der Waals surface area contributed by atoms with Crippen LogP contribution in [0.5, 0.6) is 0 Å². The van der Waals surface area contributed by atoms with E-state index in [2.05, 4.69) is 18.7 Å². The maximum absolute atomic E-state index is 6.22. The molecule has 3 unspecified atom stereocenters. The van der Waals surface area contributed by atoms with E-state index >= 15 is 0 Å². The third-order valence-corrected chi connectivity index (χ3v) is 5.19. The van der Waals surface area contributed by atoms with Crippen molar-refractivity contribution in [3.05, 3.63) is 0 Å². The van der Waals surface area contributed by atoms with Gasteiger partial charge in [-0.1, -0.05) is 33.1 Å². The van der Waals surface area contributed by atoms with Crippen LogP contribution in [0.2, 0.25) is 0 Å². The molecule has 0 spiro atoms. The van der Waals surface area contributed by atoms with Gasteiger partial charge in [0.25, 0.3) is 0 Å². The van der Waals surface area contributed by atoms with Gasteiger partial charge in [0, 0.05) is 24.7 Å². The molecule has 2 aliphatic rings. The zero-order chi connectivity index (χ0) is 13.0. The Morgan fingerprint density at radius 1 is 1.33 bits per heavy atom. The predicted octanol–water partition coefficient (Wildman–Crippen LogP) is 2.39. The lowest BCUT2D eigenvalue weighted by Gasteiger charge is -2.52. The molecule has 3 heteroatoms. The van der Waals surface area contributed by atoms with Gasteiger partial charge in [-0.05, 0) is 25.2 Å². The first-order valence-electron chi connectivity index (χ1n) is 7.80. The summed E-state index contributed by atoms with van der Waals surface area (Å²) in [5.41, 5.74) is 6.49. The van der Waals surface area contributed by atoms with Gasteiger partial charge >= 0.3 is 0 Å². The monoisotopic (exact) mass is 254 g/mol. The maximum atomic E-state index is 6.22. The van der Waals surface area contributed by atoms with Crippen molar-refractivity contribution >= 4 is 0 Å². The van der Waals surface area contributed by atoms with Crippen molar-refractivity contribution in [2.75, 3.05) is 26.3 Å². The Hall–Kier alpha value is -0.120. The zero-order valence-corrected chi connectivity index (χ0v) is 12.2. The van der Waals surface area contributed by atoms with Gasteiger partial charge < -0.3 is 10.5 Å². The van der Waals surface area contributed by atoms with E-state index in [0.717, 1.165) is 32.2 Å². The molecule has 2 rings (SSSR count). The highest BCUT2D eigenvalue weighted by Crippen LogP contribution is 2.39. The van der Waals surface area contributed by atoms with Gasteiger partial charge in [-0.25, -0.2) is 0 Å². The van der Waals surface area contributed by atoms with Crippen LogP contribution in [0.25, 0.3) is 0 Å². The topological polar surface area (TPSA) is 38.5 Å². The molecule has 0 aromatic heterocycles. The highest BCUT2D eigenvalue weighted by atomic mass is 16.5. The largest absolute Gasteiger partial charge is 0.378 e. The minimum Gasteiger partial charge on any atom is -0.378 e. The fourth-order valence-electron chi connectivity index (χ4n) is 3.99. The molecule has 0 bridgehead atoms. The van der Waals surface area contributed by atoms with Crippen molar-refractivity contribution in [2.24, 2.45) is 11.7 Å². The molecule has 1 heterocycles. The molecular formula is C15H30N2O. The van der Waals surface area contributed by atoms with Crippen molar-refractivity contribution < 1.29 is 4.74 Å². The van der Waals surface area contributed by atoms with E-state index in [1.54, 1.807) is 0 Å². The zero-order valence-electron chi connectivity index (χ0n) is 12.2. The standard InChI is InChI=1S/C15H30N2O/c1-3-13-6-5-7-15(10-13,12-16)17-8-9-18-11-14(17)4-2/h13-14H,3-12,16H2,1-2H3. The molecule has 2 N–H and O–H groups in total. The van der Waals surface area contributed by atoms with Gasteiger partial charge in [-0.15, -0.1) is 0 Å². The Morgan fingerprint density at radius 2 is 2.17 bits per heavy atom. The first-order chi connectivity index (χ1) is 8.75. The average Bonchev–Trinajstić information content (AvgIpc) is 2.47. The number of nitrogens with two attached hydrogens (primary N) is 1. The lowest BCUT2D eigenvalue weighted by molar-refractivity contribution is -0.0821. The second-order valence-corrected chi connectivity index (χ2v) is 6.13. The molecule has 0 aromatic carbocycles. The summed E-state index contributed by atoms with van der Waals surface area (Å²) in [7, 11) is 0. The second-order valence-electron chi connectivity index (χ2n) is 6.13. The van der Waals surface area contributed by atoms with Gasteiger partial charge in [0.05, 0.1) is 13.2 Å². The molecule has 1 aliphatic heterocycles. The van der Waals surface area contributed by atoms with Crippen LogP contribution in [0, 0.1) is 5.92 Å². The summed E-state index contributed by atoms with van der Waals surface area (Å²) >= 11 is 0. The summed E-state index contributed by atoms with van der Waals surface area (Å²) in [6, 6.07) is 0.581. The minimum atomic E-state index is 0.267. The number of rotatable bonds is 4. The van der Waals surface area contributed by atoms with E-state index in [0.29, 0.717) is 6.04 Å².